The fraction of sp³-hybridized carbons (Fsp3) is 0.222. The Balaban J connectivity index is -0.00000130. The van der Waals surface area contributed by atoms with Crippen molar-refractivity contribution in [2.75, 3.05) is 12.3 Å². The molecule has 40 heavy (non-hydrogen) atoms. The van der Waals surface area contributed by atoms with Crippen LogP contribution in [0.4, 0.5) is 0 Å². The average Bonchev–Trinajstić information content (AvgIpc) is 2.72. The first-order valence-corrected chi connectivity index (χ1v) is 14.4. The van der Waals surface area contributed by atoms with Crippen molar-refractivity contribution in [3.05, 3.63) is 48.5 Å². The second kappa shape index (κ2) is 22.9. The van der Waals surface area contributed by atoms with Gasteiger partial charge in [-0.1, -0.05) is 0 Å². The third-order valence-corrected chi connectivity index (χ3v) is 6.54. The number of ether oxygens (including phenoxy) is 2. The maximum absolute atomic E-state index is 12.1. The van der Waals surface area contributed by atoms with Crippen molar-refractivity contribution in [3.63, 3.8) is 0 Å². The molecule has 0 saturated carbocycles. The predicted molar refractivity (Wildman–Crippen MR) is 107 cm³/mol. The number of esters is 2. The average molecular weight is 664 g/mol. The summed E-state index contributed by atoms with van der Waals surface area (Å²) in [4.78, 5) is 77.9. The van der Waals surface area contributed by atoms with Crippen LogP contribution in [0.3, 0.4) is 0 Å². The second-order valence-electron chi connectivity index (χ2n) is 6.73. The largest absolute Gasteiger partial charge is 1.00 e. The molecule has 0 fully saturated rings. The van der Waals surface area contributed by atoms with Crippen LogP contribution in [-0.4, -0.2) is 24.3 Å². The molecule has 22 heteroatoms. The molecule has 2 aromatic rings. The minimum Gasteiger partial charge on any atom is -0.799 e. The number of rotatable bonds is 12. The minimum atomic E-state index is -5.24. The third-order valence-electron chi connectivity index (χ3n) is 3.86. The summed E-state index contributed by atoms with van der Waals surface area (Å²) in [7, 11) is -14.7. The fourth-order valence-corrected chi connectivity index (χ4v) is 4.43. The van der Waals surface area contributed by atoms with Crippen LogP contribution in [0, 0.1) is 0 Å². The molecule has 0 saturated heterocycles. The standard InChI is InChI=1S/C18H21O14P3.5Na/c19-17(29-13-1-5-15(6-2-13)31-34(23,24)25)9-11-33(21,22)12-10-18(20)30-14-3-7-16(8-4-14)32-35(26,27)28;;;;;/h1-8H,9-12H2,(H,21,22)(H2,23,24,25)(H2,26,27,28);;;;;/q;5*+1/p-5. The molecular formula is C18H16Na5O14P3. The van der Waals surface area contributed by atoms with Gasteiger partial charge in [0.1, 0.15) is 38.6 Å². The van der Waals surface area contributed by atoms with Gasteiger partial charge in [0.15, 0.2) is 0 Å². The molecule has 14 nitrogen and oxygen atoms in total. The van der Waals surface area contributed by atoms with Crippen LogP contribution in [0.25, 0.3) is 0 Å². The van der Waals surface area contributed by atoms with Gasteiger partial charge in [0.05, 0.1) is 12.8 Å². The molecule has 0 N–H and O–H groups in total. The van der Waals surface area contributed by atoms with Crippen molar-refractivity contribution >= 4 is 35.0 Å². The number of hydrogen-bond donors (Lipinski definition) is 0. The van der Waals surface area contributed by atoms with E-state index in [0.717, 1.165) is 48.5 Å². The number of carbonyl (C=O) groups excluding carboxylic acids is 2. The van der Waals surface area contributed by atoms with E-state index < -0.39 is 60.1 Å². The van der Waals surface area contributed by atoms with E-state index in [4.69, 9.17) is 9.47 Å². The Kier molecular flexibility index (Phi) is 28.2. The van der Waals surface area contributed by atoms with E-state index in [1.54, 1.807) is 0 Å². The maximum atomic E-state index is 12.1. The molecule has 0 amide bonds. The molecule has 0 bridgehead atoms. The van der Waals surface area contributed by atoms with Crippen molar-refractivity contribution in [2.45, 2.75) is 12.8 Å². The molecule has 0 aliphatic heterocycles. The molecule has 0 atom stereocenters. The SMILES string of the molecule is O=C(CCP(=O)([O-])CCC(=O)Oc1ccc(OP(=O)([O-])[O-])cc1)Oc1ccc(OP(=O)([O-])[O-])cc1.[Na+].[Na+].[Na+].[Na+].[Na+]. The fourth-order valence-electron chi connectivity index (χ4n) is 2.40. The Labute approximate surface area is 340 Å². The van der Waals surface area contributed by atoms with Gasteiger partial charge in [-0.15, -0.1) is 0 Å². The summed E-state index contributed by atoms with van der Waals surface area (Å²) in [6.45, 7) is 0. The predicted octanol–water partition coefficient (Wildman–Crippen LogP) is -15.9. The summed E-state index contributed by atoms with van der Waals surface area (Å²) in [5, 5.41) is 0. The van der Waals surface area contributed by atoms with Crippen molar-refractivity contribution in [1.29, 1.82) is 0 Å². The molecule has 192 valence electrons. The zero-order chi connectivity index (χ0) is 26.3. The zero-order valence-corrected chi connectivity index (χ0v) is 35.2. The van der Waals surface area contributed by atoms with Crippen molar-refractivity contribution in [3.8, 4) is 23.0 Å². The van der Waals surface area contributed by atoms with Crippen LogP contribution in [0.2, 0.25) is 0 Å². The smallest absolute Gasteiger partial charge is 0.799 e. The normalized spacial score (nSPS) is 10.5. The molecule has 0 unspecified atom stereocenters. The Morgan fingerprint density at radius 1 is 0.525 bits per heavy atom. The second-order valence-corrected chi connectivity index (χ2v) is 11.4. The van der Waals surface area contributed by atoms with E-state index in [1.165, 1.54) is 0 Å². The van der Waals surface area contributed by atoms with Crippen LogP contribution in [0.5, 0.6) is 23.0 Å². The van der Waals surface area contributed by atoms with Gasteiger partial charge in [-0.05, 0) is 60.9 Å². The minimum absolute atomic E-state index is 0. The van der Waals surface area contributed by atoms with Crippen LogP contribution in [-0.2, 0) is 23.3 Å². The van der Waals surface area contributed by atoms with Gasteiger partial charge in [-0.2, -0.15) is 0 Å². The monoisotopic (exact) mass is 664 g/mol. The molecule has 0 aliphatic rings. The van der Waals surface area contributed by atoms with Gasteiger partial charge in [-0.25, -0.2) is 0 Å². The summed E-state index contributed by atoms with van der Waals surface area (Å²) in [6, 6.07) is 8.76. The van der Waals surface area contributed by atoms with Gasteiger partial charge in [0, 0.05) is 7.37 Å². The van der Waals surface area contributed by atoms with Crippen molar-refractivity contribution in [2.24, 2.45) is 0 Å². The Bertz CT molecular complexity index is 1100. The number of benzene rings is 2. The molecule has 0 heterocycles. The quantitative estimate of drug-likeness (QED) is 0.0887. The van der Waals surface area contributed by atoms with E-state index in [-0.39, 0.29) is 171 Å². The molecule has 2 aromatic carbocycles. The van der Waals surface area contributed by atoms with Gasteiger partial charge >= 0.3 is 160 Å². The molecular weight excluding hydrogens is 648 g/mol. The molecule has 0 aliphatic carbocycles. The summed E-state index contributed by atoms with van der Waals surface area (Å²) in [5.74, 6) is -2.54. The summed E-state index contributed by atoms with van der Waals surface area (Å²) >= 11 is 0. The first-order chi connectivity index (χ1) is 16.1. The maximum Gasteiger partial charge on any atom is 1.00 e. The first-order valence-electron chi connectivity index (χ1n) is 9.44. The summed E-state index contributed by atoms with van der Waals surface area (Å²) in [5.41, 5.74) is 0. The van der Waals surface area contributed by atoms with Gasteiger partial charge < -0.3 is 56.7 Å². The Hall–Kier alpha value is 2.47. The van der Waals surface area contributed by atoms with Crippen molar-refractivity contribution in [1.82, 2.24) is 0 Å². The van der Waals surface area contributed by atoms with E-state index in [0.29, 0.717) is 0 Å². The van der Waals surface area contributed by atoms with Crippen molar-refractivity contribution < 1.29 is 214 Å². The van der Waals surface area contributed by atoms with E-state index in [1.807, 2.05) is 0 Å². The van der Waals surface area contributed by atoms with Gasteiger partial charge in [0.2, 0.25) is 0 Å². The van der Waals surface area contributed by atoms with Gasteiger partial charge in [-0.3, -0.25) is 9.59 Å². The molecule has 2 rings (SSSR count). The molecule has 0 spiro atoms. The van der Waals surface area contributed by atoms with E-state index in [2.05, 4.69) is 9.05 Å². The molecule has 0 radical (unpaired) electrons. The topological polar surface area (TPSA) is 238 Å². The zero-order valence-electron chi connectivity index (χ0n) is 22.5. The van der Waals surface area contributed by atoms with Crippen LogP contribution in [0.1, 0.15) is 12.8 Å². The van der Waals surface area contributed by atoms with E-state index in [9.17, 15) is 47.8 Å². The Morgan fingerprint density at radius 3 is 1.02 bits per heavy atom. The molecule has 0 aromatic heterocycles. The number of carbonyl (C=O) groups is 2. The third kappa shape index (κ3) is 22.9. The van der Waals surface area contributed by atoms with Crippen LogP contribution in [0.15, 0.2) is 48.5 Å². The van der Waals surface area contributed by atoms with Crippen LogP contribution >= 0.6 is 23.0 Å². The first kappa shape index (κ1) is 49.4. The van der Waals surface area contributed by atoms with Crippen LogP contribution < -0.4 is 191 Å². The summed E-state index contributed by atoms with van der Waals surface area (Å²) in [6.07, 6.45) is -2.27. The Morgan fingerprint density at radius 2 is 0.775 bits per heavy atom. The number of phosphoric ester groups is 2. The number of phosphoric acid groups is 2. The summed E-state index contributed by atoms with van der Waals surface area (Å²) < 4.78 is 51.2. The van der Waals surface area contributed by atoms with Gasteiger partial charge in [0.25, 0.3) is 0 Å². The van der Waals surface area contributed by atoms with E-state index >= 15 is 0 Å². The number of hydrogen-bond acceptors (Lipinski definition) is 14.